The molecular weight excluding hydrogens is 150 g/mol. The van der Waals surface area contributed by atoms with E-state index in [0.717, 1.165) is 18.8 Å². The van der Waals surface area contributed by atoms with E-state index >= 15 is 0 Å². The molecule has 12 heavy (non-hydrogen) atoms. The summed E-state index contributed by atoms with van der Waals surface area (Å²) in [5, 5.41) is 7.59. The van der Waals surface area contributed by atoms with E-state index in [-0.39, 0.29) is 0 Å². The smallest absolute Gasteiger partial charge is 0.0794 e. The third-order valence-electron chi connectivity index (χ3n) is 2.25. The summed E-state index contributed by atoms with van der Waals surface area (Å²) in [6.45, 7) is 8.17. The van der Waals surface area contributed by atoms with Crippen molar-refractivity contribution in [2.24, 2.45) is 0 Å². The predicted molar refractivity (Wildman–Crippen MR) is 50.1 cm³/mol. The van der Waals surface area contributed by atoms with Crippen LogP contribution in [-0.4, -0.2) is 16.8 Å². The molecule has 1 rings (SSSR count). The van der Waals surface area contributed by atoms with Gasteiger partial charge in [0.25, 0.3) is 0 Å². The van der Waals surface area contributed by atoms with Crippen molar-refractivity contribution in [3.8, 4) is 0 Å². The van der Waals surface area contributed by atoms with Crippen LogP contribution in [0.4, 0.5) is 0 Å². The maximum Gasteiger partial charge on any atom is 0.0794 e. The van der Waals surface area contributed by atoms with Gasteiger partial charge in [-0.25, -0.2) is 0 Å². The number of nitrogens with one attached hydrogen (secondary N) is 1. The van der Waals surface area contributed by atoms with Crippen molar-refractivity contribution >= 4 is 0 Å². The fraction of sp³-hybridized carbons (Fsp3) is 0.667. The average molecular weight is 167 g/mol. The maximum atomic E-state index is 4.47. The Kier molecular flexibility index (Phi) is 2.87. The van der Waals surface area contributed by atoms with Crippen LogP contribution in [0.2, 0.25) is 0 Å². The summed E-state index contributed by atoms with van der Waals surface area (Å²) in [5.41, 5.74) is 3.76. The minimum atomic E-state index is 0.861. The molecule has 0 unspecified atom stereocenters. The van der Waals surface area contributed by atoms with Gasteiger partial charge in [0.2, 0.25) is 0 Å². The van der Waals surface area contributed by atoms with Crippen molar-refractivity contribution < 1.29 is 0 Å². The van der Waals surface area contributed by atoms with Gasteiger partial charge in [-0.2, -0.15) is 5.10 Å². The Bertz CT molecular complexity index is 263. The lowest BCUT2D eigenvalue weighted by Gasteiger charge is -1.96. The van der Waals surface area contributed by atoms with Crippen LogP contribution in [0, 0.1) is 13.8 Å². The summed E-state index contributed by atoms with van der Waals surface area (Å²) >= 11 is 0. The van der Waals surface area contributed by atoms with Crippen molar-refractivity contribution in [3.63, 3.8) is 0 Å². The highest BCUT2D eigenvalue weighted by Crippen LogP contribution is 2.11. The summed E-state index contributed by atoms with van der Waals surface area (Å²) in [6.07, 6.45) is 0. The predicted octanol–water partition coefficient (Wildman–Crippen LogP) is 1.24. The van der Waals surface area contributed by atoms with Gasteiger partial charge >= 0.3 is 0 Å². The molecule has 0 atom stereocenters. The largest absolute Gasteiger partial charge is 0.314 e. The summed E-state index contributed by atoms with van der Waals surface area (Å²) in [7, 11) is 1.94. The van der Waals surface area contributed by atoms with E-state index in [4.69, 9.17) is 0 Å². The molecular formula is C9H17N3. The lowest BCUT2D eigenvalue weighted by atomic mass is 10.2. The quantitative estimate of drug-likeness (QED) is 0.734. The molecule has 0 saturated carbocycles. The minimum absolute atomic E-state index is 0.861. The highest BCUT2D eigenvalue weighted by Gasteiger charge is 2.07. The Morgan fingerprint density at radius 3 is 2.50 bits per heavy atom. The van der Waals surface area contributed by atoms with E-state index in [1.54, 1.807) is 0 Å². The molecule has 68 valence electrons. The third-order valence-corrected chi connectivity index (χ3v) is 2.25. The Morgan fingerprint density at radius 2 is 2.08 bits per heavy atom. The minimum Gasteiger partial charge on any atom is -0.314 e. The van der Waals surface area contributed by atoms with Gasteiger partial charge < -0.3 is 5.32 Å². The van der Waals surface area contributed by atoms with Gasteiger partial charge in [-0.15, -0.1) is 0 Å². The molecule has 3 nitrogen and oxygen atoms in total. The topological polar surface area (TPSA) is 29.9 Å². The first-order valence-corrected chi connectivity index (χ1v) is 4.38. The fourth-order valence-corrected chi connectivity index (χ4v) is 1.34. The van der Waals surface area contributed by atoms with Crippen molar-refractivity contribution in [2.45, 2.75) is 33.9 Å². The second-order valence-corrected chi connectivity index (χ2v) is 3.00. The van der Waals surface area contributed by atoms with Gasteiger partial charge in [-0.05, 0) is 33.4 Å². The van der Waals surface area contributed by atoms with E-state index in [1.165, 1.54) is 11.3 Å². The Balaban J connectivity index is 2.98. The van der Waals surface area contributed by atoms with Crippen LogP contribution in [0.15, 0.2) is 0 Å². The van der Waals surface area contributed by atoms with Crippen molar-refractivity contribution in [1.29, 1.82) is 0 Å². The van der Waals surface area contributed by atoms with Crippen LogP contribution in [0.25, 0.3) is 0 Å². The molecule has 1 aromatic rings. The molecule has 0 spiro atoms. The monoisotopic (exact) mass is 167 g/mol. The van der Waals surface area contributed by atoms with Crippen LogP contribution < -0.4 is 5.32 Å². The SMILES string of the molecule is CCn1nc(CNC)c(C)c1C. The van der Waals surface area contributed by atoms with Crippen molar-refractivity contribution in [3.05, 3.63) is 17.0 Å². The number of hydrogen-bond donors (Lipinski definition) is 1. The molecule has 1 heterocycles. The fourth-order valence-electron chi connectivity index (χ4n) is 1.34. The first-order valence-electron chi connectivity index (χ1n) is 4.38. The van der Waals surface area contributed by atoms with Gasteiger partial charge in [-0.1, -0.05) is 0 Å². The van der Waals surface area contributed by atoms with Crippen molar-refractivity contribution in [2.75, 3.05) is 7.05 Å². The molecule has 1 N–H and O–H groups in total. The zero-order valence-corrected chi connectivity index (χ0v) is 8.31. The molecule has 0 aliphatic rings. The molecule has 0 amide bonds. The molecule has 0 aromatic carbocycles. The number of aryl methyl sites for hydroxylation is 1. The lowest BCUT2D eigenvalue weighted by Crippen LogP contribution is -2.07. The zero-order chi connectivity index (χ0) is 9.14. The maximum absolute atomic E-state index is 4.47. The van der Waals surface area contributed by atoms with Gasteiger partial charge in [-0.3, -0.25) is 4.68 Å². The van der Waals surface area contributed by atoms with E-state index in [1.807, 2.05) is 11.7 Å². The molecule has 1 aromatic heterocycles. The third kappa shape index (κ3) is 1.50. The van der Waals surface area contributed by atoms with Crippen molar-refractivity contribution in [1.82, 2.24) is 15.1 Å². The molecule has 3 heteroatoms. The standard InChI is InChI=1S/C9H17N3/c1-5-12-8(3)7(2)9(11-12)6-10-4/h10H,5-6H2,1-4H3. The number of rotatable bonds is 3. The molecule has 0 aliphatic heterocycles. The Hall–Kier alpha value is -0.830. The van der Waals surface area contributed by atoms with E-state index in [2.05, 4.69) is 31.2 Å². The van der Waals surface area contributed by atoms with Crippen LogP contribution in [0.3, 0.4) is 0 Å². The van der Waals surface area contributed by atoms with Crippen LogP contribution >= 0.6 is 0 Å². The van der Waals surface area contributed by atoms with E-state index in [0.29, 0.717) is 0 Å². The summed E-state index contributed by atoms with van der Waals surface area (Å²) < 4.78 is 2.04. The normalized spacial score (nSPS) is 10.7. The van der Waals surface area contributed by atoms with E-state index in [9.17, 15) is 0 Å². The second-order valence-electron chi connectivity index (χ2n) is 3.00. The molecule has 0 fully saturated rings. The first kappa shape index (κ1) is 9.26. The first-order chi connectivity index (χ1) is 5.70. The highest BCUT2D eigenvalue weighted by molar-refractivity contribution is 5.23. The molecule has 0 saturated heterocycles. The second kappa shape index (κ2) is 3.72. The van der Waals surface area contributed by atoms with E-state index < -0.39 is 0 Å². The molecule has 0 radical (unpaired) electrons. The van der Waals surface area contributed by atoms with Crippen LogP contribution in [0.5, 0.6) is 0 Å². The summed E-state index contributed by atoms with van der Waals surface area (Å²) in [5.74, 6) is 0. The van der Waals surface area contributed by atoms with Gasteiger partial charge in [0.15, 0.2) is 0 Å². The van der Waals surface area contributed by atoms with Crippen LogP contribution in [0.1, 0.15) is 23.9 Å². The Morgan fingerprint density at radius 1 is 1.42 bits per heavy atom. The highest BCUT2D eigenvalue weighted by atomic mass is 15.3. The Labute approximate surface area is 73.8 Å². The lowest BCUT2D eigenvalue weighted by molar-refractivity contribution is 0.622. The zero-order valence-electron chi connectivity index (χ0n) is 8.31. The van der Waals surface area contributed by atoms with Crippen LogP contribution in [-0.2, 0) is 13.1 Å². The van der Waals surface area contributed by atoms with Gasteiger partial charge in [0.1, 0.15) is 0 Å². The van der Waals surface area contributed by atoms with Gasteiger partial charge in [0, 0.05) is 18.8 Å². The number of nitrogens with zero attached hydrogens (tertiary/aromatic N) is 2. The number of hydrogen-bond acceptors (Lipinski definition) is 2. The molecule has 0 aliphatic carbocycles. The number of aromatic nitrogens is 2. The summed E-state index contributed by atoms with van der Waals surface area (Å²) in [6, 6.07) is 0. The van der Waals surface area contributed by atoms with Gasteiger partial charge in [0.05, 0.1) is 5.69 Å². The molecule has 0 bridgehead atoms. The average Bonchev–Trinajstić information content (AvgIpc) is 2.33. The summed E-state index contributed by atoms with van der Waals surface area (Å²) in [4.78, 5) is 0.